The molecule has 0 bridgehead atoms. The first-order chi connectivity index (χ1) is 12.7. The van der Waals surface area contributed by atoms with Crippen molar-refractivity contribution in [3.63, 3.8) is 0 Å². The van der Waals surface area contributed by atoms with Crippen LogP contribution in [0, 0.1) is 6.92 Å². The van der Waals surface area contributed by atoms with E-state index in [1.54, 1.807) is 28.6 Å². The molecule has 0 fully saturated rings. The van der Waals surface area contributed by atoms with Crippen molar-refractivity contribution in [3.8, 4) is 11.4 Å². The quantitative estimate of drug-likeness (QED) is 0.484. The van der Waals surface area contributed by atoms with Crippen LogP contribution in [0.4, 0.5) is 0 Å². The van der Waals surface area contributed by atoms with Gasteiger partial charge in [-0.15, -0.1) is 16.9 Å². The van der Waals surface area contributed by atoms with E-state index in [-0.39, 0.29) is 12.5 Å². The van der Waals surface area contributed by atoms with Gasteiger partial charge < -0.3 is 10.1 Å². The highest BCUT2D eigenvalue weighted by Gasteiger charge is 2.04. The van der Waals surface area contributed by atoms with Crippen LogP contribution in [0.25, 0.3) is 5.69 Å². The number of rotatable bonds is 8. The average Bonchev–Trinajstić information content (AvgIpc) is 3.20. The van der Waals surface area contributed by atoms with Crippen LogP contribution < -0.4 is 10.1 Å². The van der Waals surface area contributed by atoms with Crippen LogP contribution in [-0.4, -0.2) is 45.0 Å². The average molecular weight is 369 g/mol. The van der Waals surface area contributed by atoms with E-state index in [1.807, 2.05) is 12.1 Å². The molecule has 0 aliphatic carbocycles. The summed E-state index contributed by atoms with van der Waals surface area (Å²) in [5.74, 6) is 1.29. The molecule has 7 nitrogen and oxygen atoms in total. The molecule has 3 aromatic rings. The SMILES string of the molecule is Cc1ccc(SCCNC(=O)COc2ccc(-n3cnnn3)cc2)cc1. The fourth-order valence-corrected chi connectivity index (χ4v) is 2.94. The number of amides is 1. The number of carbonyl (C=O) groups excluding carboxylic acids is 1. The number of ether oxygens (including phenoxy) is 1. The summed E-state index contributed by atoms with van der Waals surface area (Å²) in [6.45, 7) is 2.65. The van der Waals surface area contributed by atoms with E-state index in [4.69, 9.17) is 4.74 Å². The van der Waals surface area contributed by atoms with Gasteiger partial charge in [0.2, 0.25) is 0 Å². The molecule has 0 unspecified atom stereocenters. The van der Waals surface area contributed by atoms with Crippen molar-refractivity contribution in [3.05, 3.63) is 60.4 Å². The van der Waals surface area contributed by atoms with Gasteiger partial charge in [0, 0.05) is 17.2 Å². The summed E-state index contributed by atoms with van der Waals surface area (Å²) in [4.78, 5) is 13.0. The van der Waals surface area contributed by atoms with Gasteiger partial charge in [0.05, 0.1) is 5.69 Å². The molecule has 2 aromatic carbocycles. The van der Waals surface area contributed by atoms with Gasteiger partial charge in [-0.2, -0.15) is 0 Å². The maximum absolute atomic E-state index is 11.9. The Morgan fingerprint density at radius 1 is 1.15 bits per heavy atom. The van der Waals surface area contributed by atoms with Crippen molar-refractivity contribution in [2.45, 2.75) is 11.8 Å². The lowest BCUT2D eigenvalue weighted by molar-refractivity contribution is -0.122. The Morgan fingerprint density at radius 3 is 2.62 bits per heavy atom. The number of nitrogens with zero attached hydrogens (tertiary/aromatic N) is 4. The molecule has 1 N–H and O–H groups in total. The lowest BCUT2D eigenvalue weighted by Gasteiger charge is -2.08. The zero-order valence-electron chi connectivity index (χ0n) is 14.3. The highest BCUT2D eigenvalue weighted by Crippen LogP contribution is 2.17. The summed E-state index contributed by atoms with van der Waals surface area (Å²) in [7, 11) is 0. The number of aromatic nitrogens is 4. The Morgan fingerprint density at radius 2 is 1.92 bits per heavy atom. The van der Waals surface area contributed by atoms with E-state index in [0.29, 0.717) is 12.3 Å². The monoisotopic (exact) mass is 369 g/mol. The second-order valence-corrected chi connectivity index (χ2v) is 6.72. The molecule has 0 atom stereocenters. The number of tetrazole rings is 1. The maximum Gasteiger partial charge on any atom is 0.257 e. The highest BCUT2D eigenvalue weighted by atomic mass is 32.2. The Hall–Kier alpha value is -2.87. The molecule has 0 aliphatic heterocycles. The molecule has 1 amide bonds. The van der Waals surface area contributed by atoms with Crippen molar-refractivity contribution in [2.75, 3.05) is 18.9 Å². The van der Waals surface area contributed by atoms with Crippen LogP contribution in [0.2, 0.25) is 0 Å². The predicted molar refractivity (Wildman–Crippen MR) is 99.6 cm³/mol. The lowest BCUT2D eigenvalue weighted by atomic mass is 10.2. The van der Waals surface area contributed by atoms with Crippen LogP contribution in [0.1, 0.15) is 5.56 Å². The summed E-state index contributed by atoms with van der Waals surface area (Å²) in [5.41, 5.74) is 2.06. The number of hydrogen-bond donors (Lipinski definition) is 1. The van der Waals surface area contributed by atoms with E-state index >= 15 is 0 Å². The van der Waals surface area contributed by atoms with E-state index in [2.05, 4.69) is 52.0 Å². The fourth-order valence-electron chi connectivity index (χ4n) is 2.17. The molecule has 0 saturated heterocycles. The maximum atomic E-state index is 11.9. The number of nitrogens with one attached hydrogen (secondary N) is 1. The van der Waals surface area contributed by atoms with Crippen LogP contribution >= 0.6 is 11.8 Å². The zero-order chi connectivity index (χ0) is 18.2. The third kappa shape index (κ3) is 5.32. The number of aryl methyl sites for hydroxylation is 1. The van der Waals surface area contributed by atoms with Gasteiger partial charge in [-0.25, -0.2) is 4.68 Å². The molecule has 0 spiro atoms. The molecule has 1 heterocycles. The minimum Gasteiger partial charge on any atom is -0.484 e. The summed E-state index contributed by atoms with van der Waals surface area (Å²) in [6.07, 6.45) is 1.51. The van der Waals surface area contributed by atoms with Crippen LogP contribution in [0.5, 0.6) is 5.75 Å². The summed E-state index contributed by atoms with van der Waals surface area (Å²) < 4.78 is 7.03. The normalized spacial score (nSPS) is 10.5. The second kappa shape index (κ2) is 9.00. The van der Waals surface area contributed by atoms with Crippen LogP contribution in [-0.2, 0) is 4.79 Å². The first-order valence-corrected chi connectivity index (χ1v) is 9.12. The third-order valence-corrected chi connectivity index (χ3v) is 4.55. The molecular formula is C18H19N5O2S. The third-order valence-electron chi connectivity index (χ3n) is 3.53. The number of hydrogen-bond acceptors (Lipinski definition) is 6. The summed E-state index contributed by atoms with van der Waals surface area (Å²) in [6, 6.07) is 15.5. The van der Waals surface area contributed by atoms with Gasteiger partial charge in [0.15, 0.2) is 6.61 Å². The number of thioether (sulfide) groups is 1. The molecule has 8 heteroatoms. The Labute approximate surface area is 155 Å². The van der Waals surface area contributed by atoms with E-state index in [0.717, 1.165) is 11.4 Å². The van der Waals surface area contributed by atoms with Gasteiger partial charge in [-0.1, -0.05) is 17.7 Å². The Bertz CT molecular complexity index is 820. The molecule has 0 radical (unpaired) electrons. The first-order valence-electron chi connectivity index (χ1n) is 8.13. The van der Waals surface area contributed by atoms with Gasteiger partial charge in [0.25, 0.3) is 5.91 Å². The van der Waals surface area contributed by atoms with Gasteiger partial charge in [0.1, 0.15) is 12.1 Å². The smallest absolute Gasteiger partial charge is 0.257 e. The first kappa shape index (κ1) is 17.9. The van der Waals surface area contributed by atoms with Gasteiger partial charge in [-0.3, -0.25) is 4.79 Å². The second-order valence-electron chi connectivity index (χ2n) is 5.55. The van der Waals surface area contributed by atoms with E-state index in [1.165, 1.54) is 16.8 Å². The van der Waals surface area contributed by atoms with Crippen molar-refractivity contribution < 1.29 is 9.53 Å². The number of carbonyl (C=O) groups is 1. The van der Waals surface area contributed by atoms with Crippen molar-refractivity contribution >= 4 is 17.7 Å². The highest BCUT2D eigenvalue weighted by molar-refractivity contribution is 7.99. The predicted octanol–water partition coefficient (Wildman–Crippen LogP) is 2.26. The van der Waals surface area contributed by atoms with Gasteiger partial charge >= 0.3 is 0 Å². The van der Waals surface area contributed by atoms with Crippen molar-refractivity contribution in [1.82, 2.24) is 25.5 Å². The standard InChI is InChI=1S/C18H19N5O2S/c1-14-2-8-17(9-3-14)26-11-10-19-18(24)12-25-16-6-4-15(5-7-16)23-13-20-21-22-23/h2-9,13H,10-12H2,1H3,(H,19,24). The summed E-state index contributed by atoms with van der Waals surface area (Å²) in [5, 5.41) is 13.8. The Balaban J connectivity index is 1.35. The van der Waals surface area contributed by atoms with Crippen molar-refractivity contribution in [2.24, 2.45) is 0 Å². The number of benzene rings is 2. The van der Waals surface area contributed by atoms with E-state index < -0.39 is 0 Å². The van der Waals surface area contributed by atoms with Crippen LogP contribution in [0.3, 0.4) is 0 Å². The molecular weight excluding hydrogens is 350 g/mol. The molecule has 3 rings (SSSR count). The lowest BCUT2D eigenvalue weighted by Crippen LogP contribution is -2.30. The fraction of sp³-hybridized carbons (Fsp3) is 0.222. The zero-order valence-corrected chi connectivity index (χ0v) is 15.1. The van der Waals surface area contributed by atoms with Crippen LogP contribution in [0.15, 0.2) is 59.8 Å². The molecule has 26 heavy (non-hydrogen) atoms. The topological polar surface area (TPSA) is 81.9 Å². The molecule has 0 saturated carbocycles. The Kier molecular flexibility index (Phi) is 6.21. The summed E-state index contributed by atoms with van der Waals surface area (Å²) >= 11 is 1.71. The molecule has 134 valence electrons. The van der Waals surface area contributed by atoms with E-state index in [9.17, 15) is 4.79 Å². The van der Waals surface area contributed by atoms with Crippen molar-refractivity contribution in [1.29, 1.82) is 0 Å². The molecule has 1 aromatic heterocycles. The minimum atomic E-state index is -0.140. The minimum absolute atomic E-state index is 0.0145. The largest absolute Gasteiger partial charge is 0.484 e. The molecule has 0 aliphatic rings. The van der Waals surface area contributed by atoms with Gasteiger partial charge in [-0.05, 0) is 53.7 Å².